The van der Waals surface area contributed by atoms with Crippen LogP contribution in [0.25, 0.3) is 38.8 Å². The summed E-state index contributed by atoms with van der Waals surface area (Å²) in [4.78, 5) is 51.4. The Morgan fingerprint density at radius 2 is 1.25 bits per heavy atom. The average molecular weight is 697 g/mol. The number of carbonyl (C=O) groups is 2. The summed E-state index contributed by atoms with van der Waals surface area (Å²) < 4.78 is 15.1. The lowest BCUT2D eigenvalue weighted by atomic mass is 9.89. The first-order chi connectivity index (χ1) is 25.4. The molecule has 7 rings (SSSR count). The highest BCUT2D eigenvalue weighted by molar-refractivity contribution is 5.93. The Kier molecular flexibility index (Phi) is 10.1. The fourth-order valence-corrected chi connectivity index (χ4v) is 7.09. The largest absolute Gasteiger partial charge is 0.448 e. The van der Waals surface area contributed by atoms with Crippen LogP contribution in [-0.2, 0) is 35.5 Å². The molecule has 0 fully saturated rings. The highest BCUT2D eigenvalue weighted by Crippen LogP contribution is 2.29. The molecule has 2 amide bonds. The third-order valence-electron chi connectivity index (χ3n) is 9.60. The number of alkyl carbamates (subject to hydrolysis) is 2. The van der Waals surface area contributed by atoms with Crippen molar-refractivity contribution in [3.05, 3.63) is 146 Å². The number of carbonyl (C=O) groups excluding carboxylic acids is 2. The van der Waals surface area contributed by atoms with E-state index in [4.69, 9.17) is 9.47 Å². The molecule has 52 heavy (non-hydrogen) atoms. The van der Waals surface area contributed by atoms with Crippen LogP contribution in [0.2, 0.25) is 0 Å². The molecule has 2 aromatic heterocycles. The monoisotopic (exact) mass is 696 g/mol. The van der Waals surface area contributed by atoms with E-state index in [-0.39, 0.29) is 36.5 Å². The SMILES string of the molecule is CC1CC=Cc2c1c(=O)c1ccccc1n2CCOC(=O)NCCc1cccc(CNC(=O)OCCn2c3ccccc3c(=O)c3ccccc32)c1. The van der Waals surface area contributed by atoms with Gasteiger partial charge in [0, 0.05) is 40.5 Å². The number of nitrogens with one attached hydrogen (secondary N) is 2. The predicted molar refractivity (Wildman–Crippen MR) is 204 cm³/mol. The summed E-state index contributed by atoms with van der Waals surface area (Å²) in [5.74, 6) is 0.124. The van der Waals surface area contributed by atoms with Crippen LogP contribution in [0.4, 0.5) is 9.59 Å². The van der Waals surface area contributed by atoms with E-state index < -0.39 is 12.2 Å². The van der Waals surface area contributed by atoms with Crippen LogP contribution in [0.3, 0.4) is 0 Å². The number of amides is 2. The van der Waals surface area contributed by atoms with Crippen molar-refractivity contribution >= 4 is 51.0 Å². The van der Waals surface area contributed by atoms with Gasteiger partial charge in [-0.1, -0.05) is 73.7 Å². The molecule has 6 aromatic rings. The molecule has 0 radical (unpaired) electrons. The summed E-state index contributed by atoms with van der Waals surface area (Å²) >= 11 is 0. The zero-order valence-electron chi connectivity index (χ0n) is 29.0. The number of aromatic nitrogens is 2. The molecular formula is C42H40N4O6. The Hall–Kier alpha value is -6.16. The van der Waals surface area contributed by atoms with Crippen LogP contribution >= 0.6 is 0 Å². The maximum atomic E-state index is 13.2. The first-order valence-corrected chi connectivity index (χ1v) is 17.6. The lowest BCUT2D eigenvalue weighted by Crippen LogP contribution is -2.28. The van der Waals surface area contributed by atoms with E-state index in [1.54, 1.807) is 0 Å². The van der Waals surface area contributed by atoms with E-state index in [0.29, 0.717) is 42.2 Å². The lowest BCUT2D eigenvalue weighted by molar-refractivity contribution is 0.141. The van der Waals surface area contributed by atoms with E-state index in [2.05, 4.69) is 28.2 Å². The fourth-order valence-electron chi connectivity index (χ4n) is 7.09. The van der Waals surface area contributed by atoms with Crippen molar-refractivity contribution < 1.29 is 19.1 Å². The van der Waals surface area contributed by atoms with Crippen LogP contribution in [0, 0.1) is 0 Å². The lowest BCUT2D eigenvalue weighted by Gasteiger charge is -2.24. The van der Waals surface area contributed by atoms with E-state index >= 15 is 0 Å². The number of ether oxygens (including phenoxy) is 2. The molecule has 264 valence electrons. The van der Waals surface area contributed by atoms with Crippen molar-refractivity contribution in [2.75, 3.05) is 19.8 Å². The molecule has 0 aliphatic heterocycles. The van der Waals surface area contributed by atoms with Crippen LogP contribution in [0.5, 0.6) is 0 Å². The first-order valence-electron chi connectivity index (χ1n) is 17.6. The third kappa shape index (κ3) is 7.18. The van der Waals surface area contributed by atoms with Crippen molar-refractivity contribution in [2.24, 2.45) is 0 Å². The van der Waals surface area contributed by atoms with E-state index in [9.17, 15) is 19.2 Å². The number of benzene rings is 4. The summed E-state index contributed by atoms with van der Waals surface area (Å²) in [6, 6.07) is 30.2. The summed E-state index contributed by atoms with van der Waals surface area (Å²) in [5.41, 5.74) is 6.04. The number of nitrogens with zero attached hydrogens (tertiary/aromatic N) is 2. The highest BCUT2D eigenvalue weighted by Gasteiger charge is 2.22. The highest BCUT2D eigenvalue weighted by atomic mass is 16.6. The summed E-state index contributed by atoms with van der Waals surface area (Å²) in [5, 5.41) is 7.55. The smallest absolute Gasteiger partial charge is 0.407 e. The molecule has 1 atom stereocenters. The third-order valence-corrected chi connectivity index (χ3v) is 9.60. The van der Waals surface area contributed by atoms with Gasteiger partial charge in [0.25, 0.3) is 0 Å². The Bertz CT molecular complexity index is 2390. The van der Waals surface area contributed by atoms with E-state index in [0.717, 1.165) is 45.4 Å². The van der Waals surface area contributed by atoms with Crippen LogP contribution < -0.4 is 21.5 Å². The van der Waals surface area contributed by atoms with Gasteiger partial charge < -0.3 is 29.2 Å². The summed E-state index contributed by atoms with van der Waals surface area (Å²) in [6.07, 6.45) is 4.44. The second kappa shape index (κ2) is 15.4. The molecule has 10 heteroatoms. The molecular weight excluding hydrogens is 656 g/mol. The van der Waals surface area contributed by atoms with Crippen LogP contribution in [0.1, 0.15) is 41.6 Å². The standard InChI is InChI=1S/C42H40N4O6/c1-28-10-8-19-37-38(28)40(48)33-15-4-7-18-36(33)46(37)23-25-51-41(49)43-21-20-29-11-9-12-30(26-29)27-44-42(50)52-24-22-45-34-16-5-2-13-31(34)39(47)32-14-3-6-17-35(32)45/h2-9,11-19,26,28H,10,20-25,27H2,1H3,(H,43,49)(H,44,50). The van der Waals surface area contributed by atoms with E-state index in [1.807, 2.05) is 108 Å². The van der Waals surface area contributed by atoms with Gasteiger partial charge in [0.15, 0.2) is 10.9 Å². The molecule has 1 aliphatic carbocycles. The van der Waals surface area contributed by atoms with Crippen molar-refractivity contribution in [3.8, 4) is 0 Å². The molecule has 4 aromatic carbocycles. The second-order valence-corrected chi connectivity index (χ2v) is 13.0. The molecule has 0 bridgehead atoms. The number of fused-ring (bicyclic) bond motifs is 4. The van der Waals surface area contributed by atoms with Gasteiger partial charge >= 0.3 is 12.2 Å². The maximum Gasteiger partial charge on any atom is 0.407 e. The minimum absolute atomic E-state index is 0.0159. The van der Waals surface area contributed by atoms with Crippen molar-refractivity contribution in [2.45, 2.75) is 45.3 Å². The molecule has 1 aliphatic rings. The van der Waals surface area contributed by atoms with Gasteiger partial charge in [0.2, 0.25) is 0 Å². The van der Waals surface area contributed by atoms with Crippen LogP contribution in [-0.4, -0.2) is 41.1 Å². The maximum absolute atomic E-state index is 13.2. The number of rotatable bonds is 11. The van der Waals surface area contributed by atoms with Gasteiger partial charge in [-0.05, 0) is 72.4 Å². The number of pyridine rings is 2. The molecule has 2 heterocycles. The molecule has 10 nitrogen and oxygen atoms in total. The first kappa shape index (κ1) is 34.3. The van der Waals surface area contributed by atoms with Gasteiger partial charge in [-0.25, -0.2) is 9.59 Å². The number of hydrogen-bond acceptors (Lipinski definition) is 6. The number of para-hydroxylation sites is 3. The number of allylic oxidation sites excluding steroid dienone is 1. The zero-order valence-corrected chi connectivity index (χ0v) is 29.0. The van der Waals surface area contributed by atoms with Gasteiger partial charge in [-0.2, -0.15) is 0 Å². The predicted octanol–water partition coefficient (Wildman–Crippen LogP) is 6.89. The Balaban J connectivity index is 0.873. The van der Waals surface area contributed by atoms with Gasteiger partial charge in [0.05, 0.1) is 29.6 Å². The molecule has 0 saturated heterocycles. The van der Waals surface area contributed by atoms with Crippen molar-refractivity contribution in [1.82, 2.24) is 19.8 Å². The Morgan fingerprint density at radius 3 is 1.92 bits per heavy atom. The second-order valence-electron chi connectivity index (χ2n) is 13.0. The molecule has 0 spiro atoms. The zero-order chi connectivity index (χ0) is 36.0. The minimum Gasteiger partial charge on any atom is -0.448 e. The average Bonchev–Trinajstić information content (AvgIpc) is 3.17. The van der Waals surface area contributed by atoms with E-state index in [1.165, 1.54) is 0 Å². The van der Waals surface area contributed by atoms with Gasteiger partial charge in [-0.15, -0.1) is 0 Å². The van der Waals surface area contributed by atoms with Crippen LogP contribution in [0.15, 0.2) is 113 Å². The summed E-state index contributed by atoms with van der Waals surface area (Å²) in [6.45, 7) is 3.82. The van der Waals surface area contributed by atoms with Crippen molar-refractivity contribution in [3.63, 3.8) is 0 Å². The fraction of sp³-hybridized carbons (Fsp3) is 0.238. The quantitative estimate of drug-likeness (QED) is 0.143. The minimum atomic E-state index is -0.536. The summed E-state index contributed by atoms with van der Waals surface area (Å²) in [7, 11) is 0. The Labute approximate surface area is 300 Å². The van der Waals surface area contributed by atoms with Gasteiger partial charge in [-0.3, -0.25) is 9.59 Å². The van der Waals surface area contributed by atoms with Crippen molar-refractivity contribution in [1.29, 1.82) is 0 Å². The molecule has 0 saturated carbocycles. The normalized spacial score (nSPS) is 13.6. The topological polar surface area (TPSA) is 121 Å². The Morgan fingerprint density at radius 1 is 0.692 bits per heavy atom. The van der Waals surface area contributed by atoms with Gasteiger partial charge in [0.1, 0.15) is 13.2 Å². The number of hydrogen-bond donors (Lipinski definition) is 2. The molecule has 1 unspecified atom stereocenters. The molecule has 2 N–H and O–H groups in total.